The number of nitrogens with zero attached hydrogens (tertiary/aromatic N) is 1. The van der Waals surface area contributed by atoms with Crippen LogP contribution < -0.4 is 16.2 Å². The highest BCUT2D eigenvalue weighted by atomic mass is 16.5. The van der Waals surface area contributed by atoms with Gasteiger partial charge in [0, 0.05) is 16.8 Å². The topological polar surface area (TPSA) is 118 Å². The summed E-state index contributed by atoms with van der Waals surface area (Å²) in [6, 6.07) is 26.1. The van der Waals surface area contributed by atoms with Gasteiger partial charge in [0.05, 0.1) is 23.6 Å². The molecule has 0 aliphatic rings. The van der Waals surface area contributed by atoms with Gasteiger partial charge in [0.15, 0.2) is 0 Å². The number of amidine groups is 1. The fourth-order valence-electron chi connectivity index (χ4n) is 3.34. The molecule has 0 amide bonds. The zero-order valence-electron chi connectivity index (χ0n) is 16.7. The number of pyridine rings is 1. The summed E-state index contributed by atoms with van der Waals surface area (Å²) >= 11 is 0. The van der Waals surface area contributed by atoms with Crippen LogP contribution in [0.5, 0.6) is 11.5 Å². The van der Waals surface area contributed by atoms with Crippen molar-refractivity contribution in [1.29, 1.82) is 5.41 Å². The zero-order valence-corrected chi connectivity index (χ0v) is 16.7. The minimum atomic E-state index is -0.153. The summed E-state index contributed by atoms with van der Waals surface area (Å²) in [5, 5.41) is 17.4. The number of ether oxygens (including phenoxy) is 1. The Hall–Kier alpha value is -4.16. The molecule has 0 unspecified atom stereocenters. The van der Waals surface area contributed by atoms with E-state index in [-0.39, 0.29) is 12.4 Å². The molecule has 3 aromatic carbocycles. The molecule has 6 nitrogen and oxygen atoms in total. The van der Waals surface area contributed by atoms with Crippen molar-refractivity contribution in [3.63, 3.8) is 0 Å². The maximum absolute atomic E-state index is 9.44. The summed E-state index contributed by atoms with van der Waals surface area (Å²) in [4.78, 5) is 4.76. The molecule has 4 aromatic rings. The molecule has 1 aromatic heterocycles. The van der Waals surface area contributed by atoms with E-state index >= 15 is 0 Å². The number of nitrogens with two attached hydrogens (primary N) is 2. The number of hydrogen-bond donors (Lipinski definition) is 4. The minimum Gasteiger partial charge on any atom is -0.457 e. The summed E-state index contributed by atoms with van der Waals surface area (Å²) in [5.41, 5.74) is 16.4. The Morgan fingerprint density at radius 3 is 2.26 bits per heavy atom. The molecule has 6 N–H and O–H groups in total. The van der Waals surface area contributed by atoms with E-state index in [0.717, 1.165) is 22.4 Å². The zero-order chi connectivity index (χ0) is 21.8. The van der Waals surface area contributed by atoms with Gasteiger partial charge in [0.1, 0.15) is 17.3 Å². The van der Waals surface area contributed by atoms with Crippen LogP contribution in [0.1, 0.15) is 11.1 Å². The second-order valence-corrected chi connectivity index (χ2v) is 7.03. The van der Waals surface area contributed by atoms with Gasteiger partial charge in [-0.3, -0.25) is 5.41 Å². The van der Waals surface area contributed by atoms with Crippen LogP contribution in [-0.2, 0) is 6.61 Å². The van der Waals surface area contributed by atoms with Gasteiger partial charge < -0.3 is 21.3 Å². The van der Waals surface area contributed by atoms with E-state index in [1.165, 1.54) is 0 Å². The number of hydrogen-bond acceptors (Lipinski definition) is 5. The van der Waals surface area contributed by atoms with Gasteiger partial charge in [0.25, 0.3) is 0 Å². The number of para-hydroxylation sites is 1. The largest absolute Gasteiger partial charge is 0.457 e. The van der Waals surface area contributed by atoms with Crippen molar-refractivity contribution < 1.29 is 9.84 Å². The molecule has 4 rings (SSSR count). The maximum atomic E-state index is 9.44. The first-order chi connectivity index (χ1) is 15.0. The Labute approximate surface area is 180 Å². The summed E-state index contributed by atoms with van der Waals surface area (Å²) < 4.78 is 5.85. The normalized spacial score (nSPS) is 10.6. The molecule has 0 bridgehead atoms. The predicted octanol–water partition coefficient (Wildman–Crippen LogP) is 4.57. The number of aromatic nitrogens is 1. The lowest BCUT2D eigenvalue weighted by Crippen LogP contribution is -2.16. The molecule has 0 spiro atoms. The van der Waals surface area contributed by atoms with E-state index in [9.17, 15) is 5.11 Å². The number of anilines is 1. The van der Waals surface area contributed by atoms with Gasteiger partial charge in [0.2, 0.25) is 0 Å². The summed E-state index contributed by atoms with van der Waals surface area (Å²) in [5.74, 6) is 1.27. The van der Waals surface area contributed by atoms with E-state index in [1.54, 1.807) is 6.07 Å². The molecule has 0 radical (unpaired) electrons. The first-order valence-corrected chi connectivity index (χ1v) is 9.73. The average Bonchev–Trinajstić information content (AvgIpc) is 2.79. The number of benzene rings is 3. The van der Waals surface area contributed by atoms with Crippen molar-refractivity contribution in [3.8, 4) is 34.0 Å². The molecule has 0 atom stereocenters. The number of aliphatic hydroxyl groups is 1. The first kappa shape index (κ1) is 20.1. The van der Waals surface area contributed by atoms with Gasteiger partial charge in [-0.15, -0.1) is 0 Å². The van der Waals surface area contributed by atoms with Crippen LogP contribution in [0.2, 0.25) is 0 Å². The third-order valence-electron chi connectivity index (χ3n) is 4.83. The van der Waals surface area contributed by atoms with Crippen LogP contribution in [0, 0.1) is 5.41 Å². The van der Waals surface area contributed by atoms with Crippen molar-refractivity contribution in [3.05, 3.63) is 96.1 Å². The van der Waals surface area contributed by atoms with Crippen LogP contribution in [0.15, 0.2) is 84.9 Å². The molecule has 0 fully saturated rings. The monoisotopic (exact) mass is 410 g/mol. The standard InChI is InChI=1S/C25H22N4O2/c26-21-14-22(18-6-4-5-16(13-18)15-30)29-24(23(21)25(27)28)17-9-11-20(12-10-17)31-19-7-2-1-3-8-19/h1-14,30H,15H2,(H2,26,29)(H3,27,28). The lowest BCUT2D eigenvalue weighted by molar-refractivity contribution is 0.282. The lowest BCUT2D eigenvalue weighted by Gasteiger charge is -2.14. The SMILES string of the molecule is N=C(N)c1c(N)cc(-c2cccc(CO)c2)nc1-c1ccc(Oc2ccccc2)cc1. The number of rotatable bonds is 6. The van der Waals surface area contributed by atoms with Crippen molar-refractivity contribution in [2.24, 2.45) is 5.73 Å². The van der Waals surface area contributed by atoms with Crippen LogP contribution in [0.25, 0.3) is 22.5 Å². The van der Waals surface area contributed by atoms with Crippen molar-refractivity contribution in [2.75, 3.05) is 5.73 Å². The summed E-state index contributed by atoms with van der Waals surface area (Å²) in [6.45, 7) is -0.0649. The predicted molar refractivity (Wildman–Crippen MR) is 123 cm³/mol. The van der Waals surface area contributed by atoms with Crippen molar-refractivity contribution >= 4 is 11.5 Å². The lowest BCUT2D eigenvalue weighted by atomic mass is 10.00. The highest BCUT2D eigenvalue weighted by Crippen LogP contribution is 2.32. The van der Waals surface area contributed by atoms with Crippen molar-refractivity contribution in [1.82, 2.24) is 4.98 Å². The third-order valence-corrected chi connectivity index (χ3v) is 4.83. The van der Waals surface area contributed by atoms with Crippen LogP contribution in [-0.4, -0.2) is 15.9 Å². The summed E-state index contributed by atoms with van der Waals surface area (Å²) in [6.07, 6.45) is 0. The number of nitrogens with one attached hydrogen (secondary N) is 1. The molecule has 0 saturated carbocycles. The molecule has 6 heteroatoms. The molecule has 0 saturated heterocycles. The summed E-state index contributed by atoms with van der Waals surface area (Å²) in [7, 11) is 0. The Balaban J connectivity index is 1.75. The van der Waals surface area contributed by atoms with Gasteiger partial charge in [-0.25, -0.2) is 4.98 Å². The average molecular weight is 410 g/mol. The smallest absolute Gasteiger partial charge is 0.127 e. The second-order valence-electron chi connectivity index (χ2n) is 7.03. The molecular weight excluding hydrogens is 388 g/mol. The Morgan fingerprint density at radius 1 is 0.871 bits per heavy atom. The third kappa shape index (κ3) is 4.39. The maximum Gasteiger partial charge on any atom is 0.127 e. The van der Waals surface area contributed by atoms with E-state index < -0.39 is 0 Å². The van der Waals surface area contributed by atoms with Crippen LogP contribution in [0.3, 0.4) is 0 Å². The molecular formula is C25H22N4O2. The minimum absolute atomic E-state index is 0.0649. The van der Waals surface area contributed by atoms with E-state index in [0.29, 0.717) is 28.4 Å². The highest BCUT2D eigenvalue weighted by Gasteiger charge is 2.16. The number of nitrogen functional groups attached to an aromatic ring is 2. The van der Waals surface area contributed by atoms with Crippen LogP contribution in [0.4, 0.5) is 5.69 Å². The van der Waals surface area contributed by atoms with E-state index in [1.807, 2.05) is 78.9 Å². The van der Waals surface area contributed by atoms with Crippen molar-refractivity contribution in [2.45, 2.75) is 6.61 Å². The molecule has 0 aliphatic heterocycles. The van der Waals surface area contributed by atoms with Gasteiger partial charge >= 0.3 is 0 Å². The Morgan fingerprint density at radius 2 is 1.58 bits per heavy atom. The molecule has 1 heterocycles. The molecule has 154 valence electrons. The Bertz CT molecular complexity index is 1220. The van der Waals surface area contributed by atoms with E-state index in [4.69, 9.17) is 26.6 Å². The first-order valence-electron chi connectivity index (χ1n) is 9.73. The van der Waals surface area contributed by atoms with Gasteiger partial charge in [-0.2, -0.15) is 0 Å². The van der Waals surface area contributed by atoms with Crippen LogP contribution >= 0.6 is 0 Å². The Kier molecular flexibility index (Phi) is 5.64. The second kappa shape index (κ2) is 8.69. The van der Waals surface area contributed by atoms with Gasteiger partial charge in [-0.1, -0.05) is 36.4 Å². The molecule has 31 heavy (non-hydrogen) atoms. The number of aliphatic hydroxyl groups excluding tert-OH is 1. The fraction of sp³-hybridized carbons (Fsp3) is 0.0400. The van der Waals surface area contributed by atoms with E-state index in [2.05, 4.69) is 0 Å². The van der Waals surface area contributed by atoms with Gasteiger partial charge in [-0.05, 0) is 54.1 Å². The highest BCUT2D eigenvalue weighted by molar-refractivity contribution is 6.05. The fourth-order valence-corrected chi connectivity index (χ4v) is 3.34. The quantitative estimate of drug-likeness (QED) is 0.274. The molecule has 0 aliphatic carbocycles.